The van der Waals surface area contributed by atoms with Crippen LogP contribution < -0.4 is 0 Å². The Morgan fingerprint density at radius 2 is 1.40 bits per heavy atom. The van der Waals surface area contributed by atoms with Crippen LogP contribution in [0.5, 0.6) is 0 Å². The maximum absolute atomic E-state index is 6.00. The van der Waals surface area contributed by atoms with E-state index >= 15 is 0 Å². The van der Waals surface area contributed by atoms with Gasteiger partial charge in [-0.1, -0.05) is 54.1 Å². The van der Waals surface area contributed by atoms with E-state index < -0.39 is 0 Å². The van der Waals surface area contributed by atoms with Gasteiger partial charge in [0.1, 0.15) is 12.7 Å². The van der Waals surface area contributed by atoms with E-state index in [1.165, 1.54) is 5.56 Å². The second-order valence-corrected chi connectivity index (χ2v) is 5.25. The summed E-state index contributed by atoms with van der Waals surface area (Å²) in [5, 5.41) is 8.62. The van der Waals surface area contributed by atoms with E-state index in [0.29, 0.717) is 0 Å². The predicted molar refractivity (Wildman–Crippen MR) is 79.8 cm³/mol. The Morgan fingerprint density at radius 1 is 0.850 bits per heavy atom. The molecule has 0 aliphatic heterocycles. The molecular formula is C16H14ClN3. The topological polar surface area (TPSA) is 30.7 Å². The fourth-order valence-corrected chi connectivity index (χ4v) is 2.56. The lowest BCUT2D eigenvalue weighted by Crippen LogP contribution is -2.31. The standard InChI is InChI=1S/C16H14ClN3/c1-16(20-11-18-19-12-20,13-5-3-2-4-6-13)14-7-9-15(17)10-8-14/h2-12H,1H3. The molecule has 0 fully saturated rings. The Hall–Kier alpha value is -2.13. The SMILES string of the molecule is CC(c1ccccc1)(c1ccc(Cl)cc1)n1cnnc1. The summed E-state index contributed by atoms with van der Waals surface area (Å²) in [6, 6.07) is 18.2. The van der Waals surface area contributed by atoms with Crippen LogP contribution >= 0.6 is 11.6 Å². The number of hydrogen-bond acceptors (Lipinski definition) is 2. The number of benzene rings is 2. The maximum Gasteiger partial charge on any atom is 0.120 e. The zero-order valence-corrected chi connectivity index (χ0v) is 11.8. The average molecular weight is 284 g/mol. The van der Waals surface area contributed by atoms with E-state index in [0.717, 1.165) is 10.6 Å². The molecular weight excluding hydrogens is 270 g/mol. The third-order valence-corrected chi connectivity index (χ3v) is 3.93. The lowest BCUT2D eigenvalue weighted by atomic mass is 9.84. The van der Waals surface area contributed by atoms with Crippen LogP contribution in [0.15, 0.2) is 67.3 Å². The summed E-state index contributed by atoms with van der Waals surface area (Å²) in [6.45, 7) is 2.15. The summed E-state index contributed by atoms with van der Waals surface area (Å²) < 4.78 is 2.01. The molecule has 0 aliphatic rings. The highest BCUT2D eigenvalue weighted by atomic mass is 35.5. The molecule has 20 heavy (non-hydrogen) atoms. The first-order valence-corrected chi connectivity index (χ1v) is 6.76. The predicted octanol–water partition coefficient (Wildman–Crippen LogP) is 3.74. The molecule has 0 amide bonds. The van der Waals surface area contributed by atoms with Gasteiger partial charge in [0.25, 0.3) is 0 Å². The fourth-order valence-electron chi connectivity index (χ4n) is 2.43. The molecule has 1 unspecified atom stereocenters. The zero-order chi connectivity index (χ0) is 14.0. The second kappa shape index (κ2) is 5.10. The normalized spacial score (nSPS) is 13.9. The van der Waals surface area contributed by atoms with Crippen molar-refractivity contribution in [1.82, 2.24) is 14.8 Å². The molecule has 0 saturated carbocycles. The number of aromatic nitrogens is 3. The summed E-state index contributed by atoms with van der Waals surface area (Å²) >= 11 is 6.00. The van der Waals surface area contributed by atoms with Crippen molar-refractivity contribution in [3.05, 3.63) is 83.4 Å². The molecule has 3 aromatic rings. The van der Waals surface area contributed by atoms with E-state index in [1.54, 1.807) is 12.7 Å². The van der Waals surface area contributed by atoms with Crippen LogP contribution in [0.4, 0.5) is 0 Å². The minimum atomic E-state index is -0.366. The van der Waals surface area contributed by atoms with Crippen LogP contribution in [0.25, 0.3) is 0 Å². The first-order valence-electron chi connectivity index (χ1n) is 6.38. The smallest absolute Gasteiger partial charge is 0.120 e. The molecule has 0 bridgehead atoms. The van der Waals surface area contributed by atoms with E-state index in [4.69, 9.17) is 11.6 Å². The second-order valence-electron chi connectivity index (χ2n) is 4.81. The highest BCUT2D eigenvalue weighted by Gasteiger charge is 2.30. The van der Waals surface area contributed by atoms with Crippen molar-refractivity contribution in [1.29, 1.82) is 0 Å². The lowest BCUT2D eigenvalue weighted by Gasteiger charge is -2.32. The highest BCUT2D eigenvalue weighted by Crippen LogP contribution is 2.33. The monoisotopic (exact) mass is 283 g/mol. The van der Waals surface area contributed by atoms with E-state index in [9.17, 15) is 0 Å². The molecule has 4 heteroatoms. The molecule has 3 rings (SSSR count). The first kappa shape index (κ1) is 12.9. The Labute approximate surface area is 122 Å². The Kier molecular flexibility index (Phi) is 3.28. The van der Waals surface area contributed by atoms with Crippen LogP contribution in [0.3, 0.4) is 0 Å². The molecule has 0 N–H and O–H groups in total. The van der Waals surface area contributed by atoms with Crippen molar-refractivity contribution in [3.63, 3.8) is 0 Å². The third kappa shape index (κ3) is 2.10. The number of nitrogens with zero attached hydrogens (tertiary/aromatic N) is 3. The lowest BCUT2D eigenvalue weighted by molar-refractivity contribution is 0.473. The van der Waals surface area contributed by atoms with Crippen LogP contribution in [-0.4, -0.2) is 14.8 Å². The Balaban J connectivity index is 2.21. The number of halogens is 1. The van der Waals surface area contributed by atoms with Crippen molar-refractivity contribution in [3.8, 4) is 0 Å². The van der Waals surface area contributed by atoms with Gasteiger partial charge in [-0.15, -0.1) is 10.2 Å². The highest BCUT2D eigenvalue weighted by molar-refractivity contribution is 6.30. The van der Waals surface area contributed by atoms with Gasteiger partial charge in [-0.2, -0.15) is 0 Å². The summed E-state index contributed by atoms with van der Waals surface area (Å²) in [5.41, 5.74) is 1.94. The van der Waals surface area contributed by atoms with Gasteiger partial charge >= 0.3 is 0 Å². The summed E-state index contributed by atoms with van der Waals surface area (Å²) in [6.07, 6.45) is 3.48. The zero-order valence-electron chi connectivity index (χ0n) is 11.1. The van der Waals surface area contributed by atoms with Crippen molar-refractivity contribution in [2.24, 2.45) is 0 Å². The van der Waals surface area contributed by atoms with E-state index in [1.807, 2.05) is 47.0 Å². The molecule has 0 saturated heterocycles. The summed E-state index contributed by atoms with van der Waals surface area (Å²) in [7, 11) is 0. The Bertz CT molecular complexity index is 678. The van der Waals surface area contributed by atoms with Crippen LogP contribution in [0.1, 0.15) is 18.1 Å². The van der Waals surface area contributed by atoms with Gasteiger partial charge in [-0.25, -0.2) is 0 Å². The molecule has 1 atom stereocenters. The molecule has 0 spiro atoms. The maximum atomic E-state index is 6.00. The minimum Gasteiger partial charge on any atom is -0.306 e. The molecule has 1 heterocycles. The van der Waals surface area contributed by atoms with Gasteiger partial charge in [0.05, 0.1) is 5.54 Å². The van der Waals surface area contributed by atoms with Crippen LogP contribution in [0, 0.1) is 0 Å². The van der Waals surface area contributed by atoms with Crippen molar-refractivity contribution < 1.29 is 0 Å². The van der Waals surface area contributed by atoms with E-state index in [2.05, 4.69) is 29.3 Å². The third-order valence-electron chi connectivity index (χ3n) is 3.68. The fraction of sp³-hybridized carbons (Fsp3) is 0.125. The van der Waals surface area contributed by atoms with Gasteiger partial charge in [0, 0.05) is 5.02 Å². The summed E-state index contributed by atoms with van der Waals surface area (Å²) in [5.74, 6) is 0. The number of hydrogen-bond donors (Lipinski definition) is 0. The number of rotatable bonds is 3. The summed E-state index contributed by atoms with van der Waals surface area (Å²) in [4.78, 5) is 0. The Morgan fingerprint density at radius 3 is 2.00 bits per heavy atom. The van der Waals surface area contributed by atoms with Gasteiger partial charge in [-0.05, 0) is 30.2 Å². The molecule has 3 nitrogen and oxygen atoms in total. The molecule has 0 aliphatic carbocycles. The first-order chi connectivity index (χ1) is 9.71. The van der Waals surface area contributed by atoms with Gasteiger partial charge < -0.3 is 4.57 Å². The minimum absolute atomic E-state index is 0.366. The largest absolute Gasteiger partial charge is 0.306 e. The quantitative estimate of drug-likeness (QED) is 0.733. The van der Waals surface area contributed by atoms with Gasteiger partial charge in [-0.3, -0.25) is 0 Å². The van der Waals surface area contributed by atoms with Crippen LogP contribution in [0.2, 0.25) is 5.02 Å². The molecule has 1 aromatic heterocycles. The van der Waals surface area contributed by atoms with Gasteiger partial charge in [0.2, 0.25) is 0 Å². The van der Waals surface area contributed by atoms with Crippen LogP contribution in [-0.2, 0) is 5.54 Å². The van der Waals surface area contributed by atoms with Gasteiger partial charge in [0.15, 0.2) is 0 Å². The van der Waals surface area contributed by atoms with Crippen molar-refractivity contribution in [2.45, 2.75) is 12.5 Å². The molecule has 0 radical (unpaired) electrons. The average Bonchev–Trinajstić information content (AvgIpc) is 3.03. The van der Waals surface area contributed by atoms with Crippen molar-refractivity contribution >= 4 is 11.6 Å². The van der Waals surface area contributed by atoms with E-state index in [-0.39, 0.29) is 5.54 Å². The molecule has 2 aromatic carbocycles. The molecule has 100 valence electrons. The van der Waals surface area contributed by atoms with Crippen molar-refractivity contribution in [2.75, 3.05) is 0 Å².